The fourth-order valence-electron chi connectivity index (χ4n) is 3.39. The minimum atomic E-state index is 0.773. The summed E-state index contributed by atoms with van der Waals surface area (Å²) in [5.41, 5.74) is 1.48. The van der Waals surface area contributed by atoms with Crippen LogP contribution in [0.2, 0.25) is 0 Å². The first kappa shape index (κ1) is 15.5. The molecule has 1 N–H and O–H groups in total. The van der Waals surface area contributed by atoms with Gasteiger partial charge in [-0.3, -0.25) is 0 Å². The number of ether oxygens (including phenoxy) is 1. The molecule has 0 radical (unpaired) electrons. The van der Waals surface area contributed by atoms with E-state index in [4.69, 9.17) is 4.74 Å². The monoisotopic (exact) mass is 275 g/mol. The van der Waals surface area contributed by atoms with Gasteiger partial charge in [-0.25, -0.2) is 0 Å². The van der Waals surface area contributed by atoms with E-state index in [1.165, 1.54) is 44.1 Å². The molecule has 1 aliphatic rings. The Morgan fingerprint density at radius 1 is 1.15 bits per heavy atom. The summed E-state index contributed by atoms with van der Waals surface area (Å²) in [6, 6.07) is 11.0. The van der Waals surface area contributed by atoms with Crippen molar-refractivity contribution in [2.75, 3.05) is 26.8 Å². The number of nitrogens with one attached hydrogen (secondary N) is 1. The summed E-state index contributed by atoms with van der Waals surface area (Å²) in [5, 5.41) is 3.58. The van der Waals surface area contributed by atoms with E-state index in [2.05, 4.69) is 35.6 Å². The second-order valence-corrected chi connectivity index (χ2v) is 6.04. The first-order valence-corrected chi connectivity index (χ1v) is 8.13. The molecular formula is C18H29NO. The zero-order valence-electron chi connectivity index (χ0n) is 12.8. The summed E-state index contributed by atoms with van der Waals surface area (Å²) in [6.45, 7) is 2.90. The Bertz CT molecular complexity index is 346. The van der Waals surface area contributed by atoms with Crippen LogP contribution in [0.5, 0.6) is 0 Å². The molecule has 2 rings (SSSR count). The molecule has 1 aliphatic carbocycles. The van der Waals surface area contributed by atoms with Crippen molar-refractivity contribution in [1.82, 2.24) is 5.32 Å². The lowest BCUT2D eigenvalue weighted by molar-refractivity contribution is 0.190. The topological polar surface area (TPSA) is 21.3 Å². The van der Waals surface area contributed by atoms with Gasteiger partial charge in [-0.05, 0) is 30.4 Å². The lowest BCUT2D eigenvalue weighted by Gasteiger charge is -2.30. The van der Waals surface area contributed by atoms with E-state index in [0.717, 1.165) is 31.5 Å². The molecule has 20 heavy (non-hydrogen) atoms. The Labute approximate surface area is 123 Å². The zero-order valence-corrected chi connectivity index (χ0v) is 12.8. The normalized spacial score (nSPS) is 18.1. The molecule has 0 heterocycles. The third kappa shape index (κ3) is 5.26. The number of rotatable bonds is 8. The van der Waals surface area contributed by atoms with Crippen LogP contribution in [0.3, 0.4) is 0 Å². The zero-order chi connectivity index (χ0) is 14.0. The van der Waals surface area contributed by atoms with Gasteiger partial charge in [0.2, 0.25) is 0 Å². The van der Waals surface area contributed by atoms with Crippen LogP contribution in [0.15, 0.2) is 30.3 Å². The summed E-state index contributed by atoms with van der Waals surface area (Å²) < 4.78 is 5.12. The largest absolute Gasteiger partial charge is 0.383 e. The number of hydrogen-bond donors (Lipinski definition) is 1. The molecule has 1 fully saturated rings. The molecule has 1 aromatic carbocycles. The Morgan fingerprint density at radius 3 is 2.60 bits per heavy atom. The fourth-order valence-corrected chi connectivity index (χ4v) is 3.39. The molecule has 112 valence electrons. The van der Waals surface area contributed by atoms with E-state index in [1.807, 2.05) is 0 Å². The maximum atomic E-state index is 5.12. The summed E-state index contributed by atoms with van der Waals surface area (Å²) in [7, 11) is 1.77. The Morgan fingerprint density at radius 2 is 1.90 bits per heavy atom. The van der Waals surface area contributed by atoms with Crippen LogP contribution < -0.4 is 5.32 Å². The maximum absolute atomic E-state index is 5.12. The van der Waals surface area contributed by atoms with Crippen LogP contribution in [0.1, 0.15) is 37.7 Å². The molecule has 0 aromatic heterocycles. The van der Waals surface area contributed by atoms with Crippen LogP contribution >= 0.6 is 0 Å². The second kappa shape index (κ2) is 9.15. The van der Waals surface area contributed by atoms with Crippen molar-refractivity contribution in [3.8, 4) is 0 Å². The van der Waals surface area contributed by atoms with E-state index in [9.17, 15) is 0 Å². The van der Waals surface area contributed by atoms with Crippen LogP contribution in [-0.4, -0.2) is 26.8 Å². The highest BCUT2D eigenvalue weighted by atomic mass is 16.5. The van der Waals surface area contributed by atoms with Gasteiger partial charge >= 0.3 is 0 Å². The fraction of sp³-hybridized carbons (Fsp3) is 0.667. The molecule has 0 spiro atoms. The van der Waals surface area contributed by atoms with Crippen LogP contribution in [-0.2, 0) is 11.2 Å². The van der Waals surface area contributed by atoms with Crippen LogP contribution in [0, 0.1) is 11.8 Å². The molecule has 0 saturated heterocycles. The molecule has 2 heteroatoms. The summed E-state index contributed by atoms with van der Waals surface area (Å²) in [4.78, 5) is 0. The molecule has 1 aromatic rings. The Kier molecular flexibility index (Phi) is 7.10. The molecule has 0 bridgehead atoms. The number of benzene rings is 1. The summed E-state index contributed by atoms with van der Waals surface area (Å²) in [5.74, 6) is 1.67. The van der Waals surface area contributed by atoms with Gasteiger partial charge in [0.25, 0.3) is 0 Å². The van der Waals surface area contributed by atoms with Gasteiger partial charge in [0.15, 0.2) is 0 Å². The van der Waals surface area contributed by atoms with Crippen LogP contribution in [0.4, 0.5) is 0 Å². The van der Waals surface area contributed by atoms with Crippen molar-refractivity contribution in [2.24, 2.45) is 11.8 Å². The maximum Gasteiger partial charge on any atom is 0.0587 e. The first-order valence-electron chi connectivity index (χ1n) is 8.13. The summed E-state index contributed by atoms with van der Waals surface area (Å²) >= 11 is 0. The lowest BCUT2D eigenvalue weighted by atomic mass is 9.77. The van der Waals surface area contributed by atoms with Gasteiger partial charge in [-0.15, -0.1) is 0 Å². The van der Waals surface area contributed by atoms with Crippen molar-refractivity contribution in [2.45, 2.75) is 38.5 Å². The molecule has 1 atom stereocenters. The standard InChI is InChI=1S/C18H29NO/c1-20-13-12-19-15-18(17-10-6-3-7-11-17)14-16-8-4-2-5-9-16/h2,4-5,8-9,17-19H,3,6-7,10-15H2,1H3. The van der Waals surface area contributed by atoms with Crippen molar-refractivity contribution in [3.05, 3.63) is 35.9 Å². The highest BCUT2D eigenvalue weighted by Crippen LogP contribution is 2.31. The van der Waals surface area contributed by atoms with Crippen LogP contribution in [0.25, 0.3) is 0 Å². The van der Waals surface area contributed by atoms with Crippen molar-refractivity contribution >= 4 is 0 Å². The lowest BCUT2D eigenvalue weighted by Crippen LogP contribution is -2.32. The Balaban J connectivity index is 1.88. The van der Waals surface area contributed by atoms with Gasteiger partial charge in [0, 0.05) is 13.7 Å². The molecule has 2 nitrogen and oxygen atoms in total. The van der Waals surface area contributed by atoms with Gasteiger partial charge < -0.3 is 10.1 Å². The second-order valence-electron chi connectivity index (χ2n) is 6.04. The minimum Gasteiger partial charge on any atom is -0.383 e. The molecule has 0 amide bonds. The van der Waals surface area contributed by atoms with E-state index in [1.54, 1.807) is 7.11 Å². The SMILES string of the molecule is COCCNCC(Cc1ccccc1)C1CCCCC1. The predicted molar refractivity (Wildman–Crippen MR) is 85.0 cm³/mol. The predicted octanol–water partition coefficient (Wildman–Crippen LogP) is 3.66. The highest BCUT2D eigenvalue weighted by molar-refractivity contribution is 5.15. The van der Waals surface area contributed by atoms with Gasteiger partial charge in [-0.2, -0.15) is 0 Å². The third-order valence-corrected chi connectivity index (χ3v) is 4.55. The quantitative estimate of drug-likeness (QED) is 0.731. The third-order valence-electron chi connectivity index (χ3n) is 4.55. The molecule has 1 unspecified atom stereocenters. The van der Waals surface area contributed by atoms with Gasteiger partial charge in [0.1, 0.15) is 0 Å². The summed E-state index contributed by atoms with van der Waals surface area (Å²) in [6.07, 6.45) is 8.34. The van der Waals surface area contributed by atoms with E-state index >= 15 is 0 Å². The molecule has 0 aliphatic heterocycles. The van der Waals surface area contributed by atoms with Gasteiger partial charge in [0.05, 0.1) is 6.61 Å². The van der Waals surface area contributed by atoms with Gasteiger partial charge in [-0.1, -0.05) is 62.4 Å². The Hall–Kier alpha value is -0.860. The number of hydrogen-bond acceptors (Lipinski definition) is 2. The van der Waals surface area contributed by atoms with Crippen molar-refractivity contribution in [3.63, 3.8) is 0 Å². The van der Waals surface area contributed by atoms with Crippen molar-refractivity contribution in [1.29, 1.82) is 0 Å². The molecule has 1 saturated carbocycles. The first-order chi connectivity index (χ1) is 9.90. The van der Waals surface area contributed by atoms with E-state index < -0.39 is 0 Å². The minimum absolute atomic E-state index is 0.773. The average molecular weight is 275 g/mol. The number of methoxy groups -OCH3 is 1. The average Bonchev–Trinajstić information content (AvgIpc) is 2.52. The van der Waals surface area contributed by atoms with E-state index in [-0.39, 0.29) is 0 Å². The highest BCUT2D eigenvalue weighted by Gasteiger charge is 2.23. The molecular weight excluding hydrogens is 246 g/mol. The van der Waals surface area contributed by atoms with E-state index in [0.29, 0.717) is 0 Å². The van der Waals surface area contributed by atoms with Crippen molar-refractivity contribution < 1.29 is 4.74 Å². The smallest absolute Gasteiger partial charge is 0.0587 e.